The molecule has 0 aliphatic rings. The lowest BCUT2D eigenvalue weighted by atomic mass is 10.2. The molecule has 0 unspecified atom stereocenters. The number of fused-ring (bicyclic) bond motifs is 1. The molecule has 1 amide bonds. The lowest BCUT2D eigenvalue weighted by molar-refractivity contribution is 0.102. The number of hydrogen-bond acceptors (Lipinski definition) is 5. The molecular weight excluding hydrogens is 439 g/mol. The average molecular weight is 453 g/mol. The molecule has 5 aromatic rings. The molecular formula is C21H14ClFN6OS. The van der Waals surface area contributed by atoms with Crippen LogP contribution in [0.1, 0.15) is 15.9 Å². The number of benzene rings is 1. The summed E-state index contributed by atoms with van der Waals surface area (Å²) in [6, 6.07) is 12.0. The number of amides is 1. The van der Waals surface area contributed by atoms with Gasteiger partial charge in [0.2, 0.25) is 0 Å². The topological polar surface area (TPSA) is 77.1 Å². The predicted molar refractivity (Wildman–Crippen MR) is 117 cm³/mol. The van der Waals surface area contributed by atoms with Gasteiger partial charge in [0.15, 0.2) is 11.5 Å². The summed E-state index contributed by atoms with van der Waals surface area (Å²) in [6.45, 7) is 0.315. The van der Waals surface area contributed by atoms with Crippen molar-refractivity contribution in [2.45, 2.75) is 6.54 Å². The molecule has 0 saturated heterocycles. The number of carbonyl (C=O) groups is 1. The first-order valence-corrected chi connectivity index (χ1v) is 10.5. The van der Waals surface area contributed by atoms with Gasteiger partial charge in [0, 0.05) is 12.4 Å². The number of rotatable bonds is 5. The van der Waals surface area contributed by atoms with Gasteiger partial charge in [-0.05, 0) is 35.2 Å². The first-order valence-electron chi connectivity index (χ1n) is 9.24. The van der Waals surface area contributed by atoms with Crippen LogP contribution in [0.25, 0.3) is 16.2 Å². The van der Waals surface area contributed by atoms with Crippen LogP contribution in [0.3, 0.4) is 0 Å². The Morgan fingerprint density at radius 3 is 2.94 bits per heavy atom. The van der Waals surface area contributed by atoms with Crippen molar-refractivity contribution < 1.29 is 9.18 Å². The summed E-state index contributed by atoms with van der Waals surface area (Å²) in [5.74, 6) is -0.549. The van der Waals surface area contributed by atoms with Gasteiger partial charge in [-0.25, -0.2) is 13.9 Å². The third kappa shape index (κ3) is 3.80. The molecule has 0 aliphatic carbocycles. The van der Waals surface area contributed by atoms with Gasteiger partial charge >= 0.3 is 0 Å². The second kappa shape index (κ2) is 7.93. The summed E-state index contributed by atoms with van der Waals surface area (Å²) in [5.41, 5.74) is 2.30. The van der Waals surface area contributed by atoms with E-state index in [-0.39, 0.29) is 16.7 Å². The molecule has 7 nitrogen and oxygen atoms in total. The summed E-state index contributed by atoms with van der Waals surface area (Å²) in [6.07, 6.45) is 4.68. The normalized spacial score (nSPS) is 11.2. The number of nitrogens with zero attached hydrogens (tertiary/aromatic N) is 5. The van der Waals surface area contributed by atoms with E-state index < -0.39 is 5.91 Å². The summed E-state index contributed by atoms with van der Waals surface area (Å²) in [7, 11) is 0. The molecule has 0 aliphatic heterocycles. The van der Waals surface area contributed by atoms with Gasteiger partial charge < -0.3 is 5.32 Å². The first kappa shape index (κ1) is 19.4. The van der Waals surface area contributed by atoms with Gasteiger partial charge in [0.05, 0.1) is 23.3 Å². The minimum atomic E-state index is -0.427. The van der Waals surface area contributed by atoms with Gasteiger partial charge in [-0.3, -0.25) is 9.48 Å². The highest BCUT2D eigenvalue weighted by Gasteiger charge is 2.19. The highest BCUT2D eigenvalue weighted by Crippen LogP contribution is 2.26. The van der Waals surface area contributed by atoms with Crippen molar-refractivity contribution in [1.29, 1.82) is 0 Å². The number of nitrogens with one attached hydrogen (secondary N) is 1. The highest BCUT2D eigenvalue weighted by atomic mass is 35.5. The van der Waals surface area contributed by atoms with E-state index in [0.717, 1.165) is 16.1 Å². The van der Waals surface area contributed by atoms with Crippen LogP contribution in [0.15, 0.2) is 66.4 Å². The second-order valence-corrected chi connectivity index (χ2v) is 8.06. The predicted octanol–water partition coefficient (Wildman–Crippen LogP) is 4.75. The molecule has 4 aromatic heterocycles. The lowest BCUT2D eigenvalue weighted by Crippen LogP contribution is -2.13. The average Bonchev–Trinajstić information content (AvgIpc) is 3.48. The molecule has 5 rings (SSSR count). The van der Waals surface area contributed by atoms with Gasteiger partial charge in [-0.2, -0.15) is 10.2 Å². The SMILES string of the molecule is O=C(Nc1nn(Cc2cccc(F)c2)cc1Cl)c1cnn2c(-c3cccs3)ccnc12. The molecule has 1 N–H and O–H groups in total. The minimum absolute atomic E-state index is 0.205. The molecule has 4 heterocycles. The third-order valence-corrected chi connectivity index (χ3v) is 5.77. The molecule has 0 spiro atoms. The maximum atomic E-state index is 13.4. The number of hydrogen-bond donors (Lipinski definition) is 1. The summed E-state index contributed by atoms with van der Waals surface area (Å²) >= 11 is 7.83. The third-order valence-electron chi connectivity index (χ3n) is 4.60. The van der Waals surface area contributed by atoms with Gasteiger partial charge in [0.1, 0.15) is 16.4 Å². The number of thiophene rings is 1. The maximum Gasteiger partial charge on any atom is 0.262 e. The van der Waals surface area contributed by atoms with E-state index in [1.165, 1.54) is 23.0 Å². The molecule has 0 radical (unpaired) electrons. The number of aromatic nitrogens is 5. The molecule has 31 heavy (non-hydrogen) atoms. The van der Waals surface area contributed by atoms with Crippen LogP contribution in [0.2, 0.25) is 5.02 Å². The van der Waals surface area contributed by atoms with Crippen molar-refractivity contribution in [2.24, 2.45) is 0 Å². The van der Waals surface area contributed by atoms with Crippen LogP contribution < -0.4 is 5.32 Å². The lowest BCUT2D eigenvalue weighted by Gasteiger charge is -2.04. The quantitative estimate of drug-likeness (QED) is 0.417. The van der Waals surface area contributed by atoms with Crippen molar-refractivity contribution in [3.05, 3.63) is 88.4 Å². The summed E-state index contributed by atoms with van der Waals surface area (Å²) < 4.78 is 16.6. The van der Waals surface area contributed by atoms with Crippen molar-refractivity contribution in [3.8, 4) is 10.6 Å². The molecule has 0 atom stereocenters. The van der Waals surface area contributed by atoms with Crippen LogP contribution in [-0.4, -0.2) is 30.3 Å². The standard InChI is InChI=1S/C21H14ClFN6OS/c22-16-12-28(11-13-3-1-4-14(23)9-13)27-19(16)26-21(30)15-10-25-29-17(6-7-24-20(15)29)18-5-2-8-31-18/h1-10,12H,11H2,(H,26,27,30). The van der Waals surface area contributed by atoms with Crippen LogP contribution in [-0.2, 0) is 6.54 Å². The molecule has 0 saturated carbocycles. The van der Waals surface area contributed by atoms with Crippen molar-refractivity contribution in [1.82, 2.24) is 24.4 Å². The fourth-order valence-corrected chi connectivity index (χ4v) is 4.16. The zero-order valence-electron chi connectivity index (χ0n) is 15.9. The molecule has 10 heteroatoms. The number of anilines is 1. The first-order chi connectivity index (χ1) is 15.1. The van der Waals surface area contributed by atoms with E-state index in [1.54, 1.807) is 40.4 Å². The summed E-state index contributed by atoms with van der Waals surface area (Å²) in [5, 5.41) is 13.6. The van der Waals surface area contributed by atoms with E-state index in [4.69, 9.17) is 11.6 Å². The van der Waals surface area contributed by atoms with E-state index >= 15 is 0 Å². The summed E-state index contributed by atoms with van der Waals surface area (Å²) in [4.78, 5) is 18.2. The Labute approximate surface area is 184 Å². The largest absolute Gasteiger partial charge is 0.304 e. The van der Waals surface area contributed by atoms with Crippen LogP contribution >= 0.6 is 22.9 Å². The van der Waals surface area contributed by atoms with E-state index in [1.807, 2.05) is 23.6 Å². The van der Waals surface area contributed by atoms with Crippen LogP contribution in [0.5, 0.6) is 0 Å². The van der Waals surface area contributed by atoms with Crippen molar-refractivity contribution in [3.63, 3.8) is 0 Å². The van der Waals surface area contributed by atoms with Gasteiger partial charge in [0.25, 0.3) is 5.91 Å². The molecule has 0 bridgehead atoms. The zero-order valence-corrected chi connectivity index (χ0v) is 17.4. The van der Waals surface area contributed by atoms with Crippen LogP contribution in [0.4, 0.5) is 10.2 Å². The van der Waals surface area contributed by atoms with Crippen molar-refractivity contribution >= 4 is 40.3 Å². The molecule has 0 fully saturated rings. The Bertz CT molecular complexity index is 1390. The fourth-order valence-electron chi connectivity index (χ4n) is 3.22. The Morgan fingerprint density at radius 2 is 2.13 bits per heavy atom. The van der Waals surface area contributed by atoms with E-state index in [9.17, 15) is 9.18 Å². The number of halogens is 2. The fraction of sp³-hybridized carbons (Fsp3) is 0.0476. The molecule has 154 valence electrons. The van der Waals surface area contributed by atoms with Crippen LogP contribution in [0, 0.1) is 5.82 Å². The minimum Gasteiger partial charge on any atom is -0.304 e. The highest BCUT2D eigenvalue weighted by molar-refractivity contribution is 7.13. The Kier molecular flexibility index (Phi) is 4.97. The van der Waals surface area contributed by atoms with E-state index in [0.29, 0.717) is 17.8 Å². The smallest absolute Gasteiger partial charge is 0.262 e. The maximum absolute atomic E-state index is 13.4. The van der Waals surface area contributed by atoms with E-state index in [2.05, 4.69) is 20.5 Å². The molecule has 1 aromatic carbocycles. The monoisotopic (exact) mass is 452 g/mol. The Balaban J connectivity index is 1.40. The second-order valence-electron chi connectivity index (χ2n) is 6.71. The van der Waals surface area contributed by atoms with Crippen molar-refractivity contribution in [2.75, 3.05) is 5.32 Å². The zero-order chi connectivity index (χ0) is 21.4. The van der Waals surface area contributed by atoms with Gasteiger partial charge in [-0.15, -0.1) is 11.3 Å². The Hall–Kier alpha value is -3.56. The van der Waals surface area contributed by atoms with Gasteiger partial charge in [-0.1, -0.05) is 29.8 Å². The Morgan fingerprint density at radius 1 is 1.23 bits per heavy atom. The number of carbonyl (C=O) groups excluding carboxylic acids is 1.